The molecule has 1 aliphatic heterocycles. The number of ether oxygens (including phenoxy) is 1. The van der Waals surface area contributed by atoms with Crippen molar-refractivity contribution in [1.29, 1.82) is 0 Å². The summed E-state index contributed by atoms with van der Waals surface area (Å²) in [6.45, 7) is 3.09. The summed E-state index contributed by atoms with van der Waals surface area (Å²) in [6, 6.07) is 0. The van der Waals surface area contributed by atoms with Crippen molar-refractivity contribution in [1.82, 2.24) is 5.32 Å². The van der Waals surface area contributed by atoms with E-state index >= 15 is 0 Å². The monoisotopic (exact) mass is 255 g/mol. The van der Waals surface area contributed by atoms with Gasteiger partial charge < -0.3 is 15.2 Å². The fourth-order valence-corrected chi connectivity index (χ4v) is 2.63. The number of amides is 1. The number of nitrogens with one attached hydrogen (secondary N) is 1. The van der Waals surface area contributed by atoms with Crippen LogP contribution in [0.1, 0.15) is 39.0 Å². The molecular formula is C13H21NO4. The normalized spacial score (nSPS) is 24.9. The number of hydrogen-bond donors (Lipinski definition) is 2. The number of carboxylic acid groups (broad SMARTS) is 1. The predicted molar refractivity (Wildman–Crippen MR) is 65.1 cm³/mol. The number of carboxylic acids is 1. The van der Waals surface area contributed by atoms with Gasteiger partial charge in [-0.3, -0.25) is 9.59 Å². The van der Waals surface area contributed by atoms with Gasteiger partial charge in [0.05, 0.1) is 5.41 Å². The molecule has 1 amide bonds. The lowest BCUT2D eigenvalue weighted by atomic mass is 9.69. The number of carbonyl (C=O) groups excluding carboxylic acids is 1. The maximum absolute atomic E-state index is 12.0. The first-order chi connectivity index (χ1) is 8.49. The second-order valence-electron chi connectivity index (χ2n) is 5.79. The summed E-state index contributed by atoms with van der Waals surface area (Å²) in [7, 11) is 0. The molecule has 5 heteroatoms. The van der Waals surface area contributed by atoms with E-state index in [0.717, 1.165) is 19.3 Å². The third-order valence-electron chi connectivity index (χ3n) is 4.50. The third kappa shape index (κ3) is 2.36. The van der Waals surface area contributed by atoms with Gasteiger partial charge in [0, 0.05) is 25.2 Å². The number of carbonyl (C=O) groups is 2. The second-order valence-corrected chi connectivity index (χ2v) is 5.79. The van der Waals surface area contributed by atoms with Crippen LogP contribution in [-0.4, -0.2) is 36.7 Å². The van der Waals surface area contributed by atoms with Crippen molar-refractivity contribution in [3.05, 3.63) is 0 Å². The SMILES string of the molecule is CC1(C(=O)NCC2(C(=O)O)CCOCC2)CCC1. The molecule has 2 rings (SSSR count). The topological polar surface area (TPSA) is 75.6 Å². The molecule has 0 bridgehead atoms. The van der Waals surface area contributed by atoms with Crippen molar-refractivity contribution >= 4 is 11.9 Å². The smallest absolute Gasteiger partial charge is 0.311 e. The molecule has 0 radical (unpaired) electrons. The number of hydrogen-bond acceptors (Lipinski definition) is 3. The fourth-order valence-electron chi connectivity index (χ4n) is 2.63. The Morgan fingerprint density at radius 3 is 2.28 bits per heavy atom. The fraction of sp³-hybridized carbons (Fsp3) is 0.846. The molecule has 0 aromatic carbocycles. The molecule has 0 atom stereocenters. The zero-order valence-electron chi connectivity index (χ0n) is 10.8. The first-order valence-electron chi connectivity index (χ1n) is 6.58. The highest BCUT2D eigenvalue weighted by atomic mass is 16.5. The molecule has 0 aromatic rings. The van der Waals surface area contributed by atoms with E-state index in [1.807, 2.05) is 6.92 Å². The minimum absolute atomic E-state index is 0.000803. The van der Waals surface area contributed by atoms with E-state index in [-0.39, 0.29) is 17.9 Å². The van der Waals surface area contributed by atoms with Crippen LogP contribution in [0.15, 0.2) is 0 Å². The molecule has 1 heterocycles. The Labute approximate surface area is 107 Å². The summed E-state index contributed by atoms with van der Waals surface area (Å²) >= 11 is 0. The first kappa shape index (κ1) is 13.3. The maximum atomic E-state index is 12.0. The van der Waals surface area contributed by atoms with Gasteiger partial charge in [-0.2, -0.15) is 0 Å². The van der Waals surface area contributed by atoms with E-state index < -0.39 is 11.4 Å². The van der Waals surface area contributed by atoms with Crippen LogP contribution < -0.4 is 5.32 Å². The Morgan fingerprint density at radius 2 is 1.83 bits per heavy atom. The molecule has 2 fully saturated rings. The maximum Gasteiger partial charge on any atom is 0.311 e. The zero-order chi connectivity index (χ0) is 13.2. The third-order valence-corrected chi connectivity index (χ3v) is 4.50. The average molecular weight is 255 g/mol. The van der Waals surface area contributed by atoms with E-state index in [9.17, 15) is 14.7 Å². The summed E-state index contributed by atoms with van der Waals surface area (Å²) in [4.78, 5) is 23.4. The molecule has 1 aliphatic carbocycles. The van der Waals surface area contributed by atoms with Gasteiger partial charge in [0.25, 0.3) is 0 Å². The Bertz CT molecular complexity index is 343. The molecule has 0 aromatic heterocycles. The Morgan fingerprint density at radius 1 is 1.22 bits per heavy atom. The van der Waals surface area contributed by atoms with Gasteiger partial charge in [0.1, 0.15) is 0 Å². The molecule has 1 saturated carbocycles. The molecule has 5 nitrogen and oxygen atoms in total. The zero-order valence-corrected chi connectivity index (χ0v) is 10.8. The lowest BCUT2D eigenvalue weighted by Crippen LogP contribution is -2.51. The van der Waals surface area contributed by atoms with Crippen LogP contribution in [0, 0.1) is 10.8 Å². The number of rotatable bonds is 4. The van der Waals surface area contributed by atoms with Gasteiger partial charge >= 0.3 is 5.97 Å². The van der Waals surface area contributed by atoms with E-state index in [2.05, 4.69) is 5.32 Å². The summed E-state index contributed by atoms with van der Waals surface area (Å²) in [5.74, 6) is -0.828. The summed E-state index contributed by atoms with van der Waals surface area (Å²) in [5, 5.41) is 12.2. The minimum atomic E-state index is -0.839. The predicted octanol–water partition coefficient (Wildman–Crippen LogP) is 1.17. The summed E-state index contributed by atoms with van der Waals surface area (Å²) < 4.78 is 5.21. The van der Waals surface area contributed by atoms with Gasteiger partial charge in [0.15, 0.2) is 0 Å². The van der Waals surface area contributed by atoms with Crippen molar-refractivity contribution < 1.29 is 19.4 Å². The van der Waals surface area contributed by atoms with Crippen molar-refractivity contribution in [3.8, 4) is 0 Å². The van der Waals surface area contributed by atoms with Gasteiger partial charge in [-0.1, -0.05) is 13.3 Å². The van der Waals surface area contributed by atoms with Gasteiger partial charge in [0.2, 0.25) is 5.91 Å². The van der Waals surface area contributed by atoms with Gasteiger partial charge in [-0.25, -0.2) is 0 Å². The lowest BCUT2D eigenvalue weighted by molar-refractivity contribution is -0.155. The average Bonchev–Trinajstić information content (AvgIpc) is 2.34. The van der Waals surface area contributed by atoms with E-state index in [0.29, 0.717) is 26.1 Å². The quantitative estimate of drug-likeness (QED) is 0.790. The standard InChI is InChI=1S/C13H21NO4/c1-12(3-2-4-12)10(15)14-9-13(11(16)17)5-7-18-8-6-13/h2-9H2,1H3,(H,14,15)(H,16,17). The Kier molecular flexibility index (Phi) is 3.61. The first-order valence-corrected chi connectivity index (χ1v) is 6.58. The van der Waals surface area contributed by atoms with Crippen molar-refractivity contribution in [2.75, 3.05) is 19.8 Å². The second kappa shape index (κ2) is 4.88. The molecule has 1 saturated heterocycles. The van der Waals surface area contributed by atoms with Crippen LogP contribution in [0.3, 0.4) is 0 Å². The van der Waals surface area contributed by atoms with E-state index in [1.165, 1.54) is 0 Å². The summed E-state index contributed by atoms with van der Waals surface area (Å²) in [5.41, 5.74) is -1.11. The van der Waals surface area contributed by atoms with Crippen molar-refractivity contribution in [2.24, 2.45) is 10.8 Å². The van der Waals surface area contributed by atoms with Crippen LogP contribution >= 0.6 is 0 Å². The molecule has 2 N–H and O–H groups in total. The largest absolute Gasteiger partial charge is 0.481 e. The van der Waals surface area contributed by atoms with Crippen LogP contribution in [0.5, 0.6) is 0 Å². The van der Waals surface area contributed by atoms with Crippen LogP contribution in [0.25, 0.3) is 0 Å². The molecule has 2 aliphatic rings. The highest BCUT2D eigenvalue weighted by molar-refractivity contribution is 5.84. The molecule has 0 unspecified atom stereocenters. The summed E-state index contributed by atoms with van der Waals surface area (Å²) in [6.07, 6.45) is 3.84. The number of aliphatic carboxylic acids is 1. The highest BCUT2D eigenvalue weighted by Crippen LogP contribution is 2.40. The molecule has 18 heavy (non-hydrogen) atoms. The van der Waals surface area contributed by atoms with Gasteiger partial charge in [-0.05, 0) is 25.7 Å². The Hall–Kier alpha value is -1.10. The highest BCUT2D eigenvalue weighted by Gasteiger charge is 2.43. The van der Waals surface area contributed by atoms with Crippen LogP contribution in [0.2, 0.25) is 0 Å². The van der Waals surface area contributed by atoms with Gasteiger partial charge in [-0.15, -0.1) is 0 Å². The van der Waals surface area contributed by atoms with Crippen LogP contribution in [-0.2, 0) is 14.3 Å². The van der Waals surface area contributed by atoms with E-state index in [1.54, 1.807) is 0 Å². The molecule has 0 spiro atoms. The van der Waals surface area contributed by atoms with Crippen molar-refractivity contribution in [3.63, 3.8) is 0 Å². The molecule has 102 valence electrons. The Balaban J connectivity index is 1.93. The van der Waals surface area contributed by atoms with Crippen LogP contribution in [0.4, 0.5) is 0 Å². The van der Waals surface area contributed by atoms with Crippen molar-refractivity contribution in [2.45, 2.75) is 39.0 Å². The minimum Gasteiger partial charge on any atom is -0.481 e. The van der Waals surface area contributed by atoms with E-state index in [4.69, 9.17) is 4.74 Å². The lowest BCUT2D eigenvalue weighted by Gasteiger charge is -2.39. The molecular weight excluding hydrogens is 234 g/mol.